The molecule has 3 rings (SSSR count). The Bertz CT molecular complexity index is 527. The predicted molar refractivity (Wildman–Crippen MR) is 89.0 cm³/mol. The Balaban J connectivity index is 1.64. The smallest absolute Gasteiger partial charge is 0.195 e. The van der Waals surface area contributed by atoms with Crippen LogP contribution >= 0.6 is 0 Å². The minimum Gasteiger partial charge on any atom is -0.490 e. The summed E-state index contributed by atoms with van der Waals surface area (Å²) in [6.07, 6.45) is 4.86. The van der Waals surface area contributed by atoms with Crippen LogP contribution in [0.4, 0.5) is 5.69 Å². The van der Waals surface area contributed by atoms with Gasteiger partial charge in [0.15, 0.2) is 17.5 Å². The summed E-state index contributed by atoms with van der Waals surface area (Å²) in [5, 5.41) is 6.63. The van der Waals surface area contributed by atoms with E-state index in [-0.39, 0.29) is 0 Å². The molecular weight excluding hydrogens is 278 g/mol. The predicted octanol–water partition coefficient (Wildman–Crippen LogP) is 3.03. The van der Waals surface area contributed by atoms with E-state index in [0.717, 1.165) is 48.6 Å². The van der Waals surface area contributed by atoms with Crippen molar-refractivity contribution in [2.24, 2.45) is 10.9 Å². The van der Waals surface area contributed by atoms with Gasteiger partial charge in [-0.25, -0.2) is 0 Å². The van der Waals surface area contributed by atoms with Crippen molar-refractivity contribution in [1.29, 1.82) is 0 Å². The minimum absolute atomic E-state index is 0.700. The summed E-state index contributed by atoms with van der Waals surface area (Å²) in [6.45, 7) is 5.22. The van der Waals surface area contributed by atoms with Crippen LogP contribution in [0.1, 0.15) is 32.6 Å². The number of nitrogens with one attached hydrogen (secondary N) is 2. The van der Waals surface area contributed by atoms with Crippen LogP contribution in [0.25, 0.3) is 0 Å². The van der Waals surface area contributed by atoms with E-state index >= 15 is 0 Å². The maximum Gasteiger partial charge on any atom is 0.195 e. The number of guanidine groups is 1. The molecule has 22 heavy (non-hydrogen) atoms. The molecule has 0 saturated heterocycles. The molecule has 5 nitrogen and oxygen atoms in total. The van der Waals surface area contributed by atoms with Gasteiger partial charge in [0, 0.05) is 31.3 Å². The Kier molecular flexibility index (Phi) is 5.03. The number of ether oxygens (including phenoxy) is 2. The van der Waals surface area contributed by atoms with Crippen molar-refractivity contribution in [3.8, 4) is 11.5 Å². The second-order valence-corrected chi connectivity index (χ2v) is 5.83. The van der Waals surface area contributed by atoms with E-state index in [4.69, 9.17) is 9.47 Å². The zero-order chi connectivity index (χ0) is 15.2. The van der Waals surface area contributed by atoms with Crippen molar-refractivity contribution >= 4 is 11.6 Å². The summed E-state index contributed by atoms with van der Waals surface area (Å²) in [6, 6.07) is 5.94. The number of hydrogen-bond donors (Lipinski definition) is 2. The average Bonchev–Trinajstić information content (AvgIpc) is 3.33. The molecule has 0 bridgehead atoms. The van der Waals surface area contributed by atoms with E-state index in [1.54, 1.807) is 0 Å². The van der Waals surface area contributed by atoms with Crippen molar-refractivity contribution < 1.29 is 9.47 Å². The highest BCUT2D eigenvalue weighted by Crippen LogP contribution is 2.33. The molecule has 1 fully saturated rings. The van der Waals surface area contributed by atoms with Crippen LogP contribution in [0.5, 0.6) is 11.5 Å². The molecule has 0 atom stereocenters. The fourth-order valence-electron chi connectivity index (χ4n) is 2.45. The van der Waals surface area contributed by atoms with Crippen LogP contribution in [-0.2, 0) is 0 Å². The molecule has 0 radical (unpaired) electrons. The number of fused-ring (bicyclic) bond motifs is 1. The van der Waals surface area contributed by atoms with Crippen LogP contribution in [0.15, 0.2) is 23.2 Å². The van der Waals surface area contributed by atoms with E-state index < -0.39 is 0 Å². The number of aliphatic imine (C=N–C) groups is 1. The third-order valence-corrected chi connectivity index (χ3v) is 3.86. The van der Waals surface area contributed by atoms with Gasteiger partial charge in [-0.2, -0.15) is 0 Å². The van der Waals surface area contributed by atoms with E-state index in [9.17, 15) is 0 Å². The molecule has 0 unspecified atom stereocenters. The van der Waals surface area contributed by atoms with Gasteiger partial charge in [-0.05, 0) is 31.4 Å². The molecule has 0 spiro atoms. The third kappa shape index (κ3) is 4.29. The van der Waals surface area contributed by atoms with Crippen molar-refractivity contribution in [3.63, 3.8) is 0 Å². The normalized spacial score (nSPS) is 17.8. The Labute approximate surface area is 132 Å². The molecule has 1 aromatic rings. The summed E-state index contributed by atoms with van der Waals surface area (Å²) in [5.41, 5.74) is 0.968. The van der Waals surface area contributed by atoms with Gasteiger partial charge in [0.05, 0.1) is 13.2 Å². The zero-order valence-electron chi connectivity index (χ0n) is 13.2. The lowest BCUT2D eigenvalue weighted by molar-refractivity contribution is 0.297. The summed E-state index contributed by atoms with van der Waals surface area (Å²) >= 11 is 0. The van der Waals surface area contributed by atoms with Gasteiger partial charge in [0.1, 0.15) is 0 Å². The average molecular weight is 303 g/mol. The second-order valence-electron chi connectivity index (χ2n) is 5.83. The molecule has 0 amide bonds. The Morgan fingerprint density at radius 2 is 2.05 bits per heavy atom. The summed E-state index contributed by atoms with van der Waals surface area (Å²) in [4.78, 5) is 4.64. The Hall–Kier alpha value is -1.91. The lowest BCUT2D eigenvalue weighted by Gasteiger charge is -2.13. The molecule has 1 saturated carbocycles. The van der Waals surface area contributed by atoms with Gasteiger partial charge in [0.2, 0.25) is 0 Å². The van der Waals surface area contributed by atoms with E-state index in [1.807, 2.05) is 18.2 Å². The number of rotatable bonds is 5. The van der Waals surface area contributed by atoms with Crippen molar-refractivity contribution in [3.05, 3.63) is 18.2 Å². The van der Waals surface area contributed by atoms with Crippen LogP contribution in [0, 0.1) is 5.92 Å². The quantitative estimate of drug-likeness (QED) is 0.648. The first-order valence-corrected chi connectivity index (χ1v) is 8.30. The Morgan fingerprint density at radius 1 is 1.23 bits per heavy atom. The highest BCUT2D eigenvalue weighted by Gasteiger charge is 2.20. The first-order valence-electron chi connectivity index (χ1n) is 8.30. The standard InChI is InChI=1S/C17H25N3O2/c1-2-18-17(19-9-8-13-4-5-13)20-14-6-7-15-16(12-14)22-11-3-10-21-15/h6-7,12-13H,2-5,8-11H2,1H3,(H2,18,19,20). The molecule has 2 N–H and O–H groups in total. The molecule has 5 heteroatoms. The van der Waals surface area contributed by atoms with E-state index in [2.05, 4.69) is 22.5 Å². The van der Waals surface area contributed by atoms with Crippen molar-refractivity contribution in [2.45, 2.75) is 32.6 Å². The maximum absolute atomic E-state index is 5.73. The number of hydrogen-bond acceptors (Lipinski definition) is 3. The first kappa shape index (κ1) is 15.0. The van der Waals surface area contributed by atoms with Gasteiger partial charge >= 0.3 is 0 Å². The van der Waals surface area contributed by atoms with Gasteiger partial charge in [-0.3, -0.25) is 4.99 Å². The van der Waals surface area contributed by atoms with Crippen molar-refractivity contribution in [2.75, 3.05) is 31.6 Å². The van der Waals surface area contributed by atoms with Crippen LogP contribution in [0.2, 0.25) is 0 Å². The van der Waals surface area contributed by atoms with Crippen LogP contribution in [0.3, 0.4) is 0 Å². The zero-order valence-corrected chi connectivity index (χ0v) is 13.2. The third-order valence-electron chi connectivity index (χ3n) is 3.86. The molecule has 1 heterocycles. The number of benzene rings is 1. The van der Waals surface area contributed by atoms with Crippen molar-refractivity contribution in [1.82, 2.24) is 5.32 Å². The van der Waals surface area contributed by atoms with Gasteiger partial charge < -0.3 is 20.1 Å². The summed E-state index contributed by atoms with van der Waals surface area (Å²) in [5.74, 6) is 3.36. The monoisotopic (exact) mass is 303 g/mol. The lowest BCUT2D eigenvalue weighted by atomic mass is 10.2. The molecule has 1 aliphatic heterocycles. The maximum atomic E-state index is 5.73. The highest BCUT2D eigenvalue weighted by molar-refractivity contribution is 5.93. The Morgan fingerprint density at radius 3 is 2.82 bits per heavy atom. The summed E-state index contributed by atoms with van der Waals surface area (Å²) in [7, 11) is 0. The fraction of sp³-hybridized carbons (Fsp3) is 0.588. The topological polar surface area (TPSA) is 54.9 Å². The van der Waals surface area contributed by atoms with Gasteiger partial charge in [-0.15, -0.1) is 0 Å². The van der Waals surface area contributed by atoms with Crippen LogP contribution < -0.4 is 20.1 Å². The summed E-state index contributed by atoms with van der Waals surface area (Å²) < 4.78 is 11.4. The van der Waals surface area contributed by atoms with E-state index in [1.165, 1.54) is 19.3 Å². The molecule has 2 aliphatic rings. The van der Waals surface area contributed by atoms with E-state index in [0.29, 0.717) is 13.2 Å². The number of nitrogens with zero attached hydrogens (tertiary/aromatic N) is 1. The van der Waals surface area contributed by atoms with Crippen LogP contribution in [-0.4, -0.2) is 32.3 Å². The molecular formula is C17H25N3O2. The van der Waals surface area contributed by atoms with Gasteiger partial charge in [0.25, 0.3) is 0 Å². The molecule has 1 aliphatic carbocycles. The highest BCUT2D eigenvalue weighted by atomic mass is 16.5. The SMILES string of the molecule is CCNC(=NCCC1CC1)Nc1ccc2c(c1)OCCCO2. The lowest BCUT2D eigenvalue weighted by Crippen LogP contribution is -2.30. The van der Waals surface area contributed by atoms with Gasteiger partial charge in [-0.1, -0.05) is 12.8 Å². The molecule has 120 valence electrons. The molecule has 0 aromatic heterocycles. The number of anilines is 1. The molecule has 1 aromatic carbocycles. The largest absolute Gasteiger partial charge is 0.490 e. The fourth-order valence-corrected chi connectivity index (χ4v) is 2.45. The second kappa shape index (κ2) is 7.38. The first-order chi connectivity index (χ1) is 10.8. The minimum atomic E-state index is 0.700.